The van der Waals surface area contributed by atoms with Gasteiger partial charge in [-0.3, -0.25) is 4.90 Å². The molecule has 0 bridgehead atoms. The zero-order valence-electron chi connectivity index (χ0n) is 13.1. The topological polar surface area (TPSA) is 78.1 Å². The van der Waals surface area contributed by atoms with Crippen molar-refractivity contribution in [2.24, 2.45) is 5.92 Å². The lowest BCUT2D eigenvalue weighted by Crippen LogP contribution is -2.40. The molecule has 1 saturated heterocycles. The predicted molar refractivity (Wildman–Crippen MR) is 86.1 cm³/mol. The molecule has 0 aliphatic carbocycles. The van der Waals surface area contributed by atoms with Crippen molar-refractivity contribution in [1.82, 2.24) is 19.6 Å². The largest absolute Gasteiger partial charge is 0.345 e. The Morgan fingerprint density at radius 2 is 2.18 bits per heavy atom. The molecule has 1 aliphatic rings. The highest BCUT2D eigenvalue weighted by atomic mass is 32.2. The van der Waals surface area contributed by atoms with Crippen LogP contribution in [0.5, 0.6) is 0 Å². The highest BCUT2D eigenvalue weighted by Gasteiger charge is 2.34. The molecular weight excluding hydrogens is 300 g/mol. The zero-order chi connectivity index (χ0) is 15.9. The average Bonchev–Trinajstić information content (AvgIpc) is 3.03. The van der Waals surface area contributed by atoms with Crippen molar-refractivity contribution in [2.75, 3.05) is 13.1 Å². The second-order valence-corrected chi connectivity index (χ2v) is 7.99. The quantitative estimate of drug-likeness (QED) is 0.896. The molecule has 1 aliphatic heterocycles. The van der Waals surface area contributed by atoms with Gasteiger partial charge in [-0.15, -0.1) is 0 Å². The van der Waals surface area contributed by atoms with E-state index in [1.54, 1.807) is 18.3 Å². The van der Waals surface area contributed by atoms with Crippen molar-refractivity contribution in [1.29, 1.82) is 0 Å². The maximum absolute atomic E-state index is 12.7. The summed E-state index contributed by atoms with van der Waals surface area (Å²) in [6.45, 7) is 8.02. The van der Waals surface area contributed by atoms with E-state index in [0.717, 1.165) is 13.1 Å². The van der Waals surface area contributed by atoms with Crippen LogP contribution in [0, 0.1) is 5.92 Å². The molecule has 120 valence electrons. The number of sulfonamides is 1. The van der Waals surface area contributed by atoms with E-state index in [4.69, 9.17) is 0 Å². The van der Waals surface area contributed by atoms with Gasteiger partial charge in [-0.2, -0.15) is 0 Å². The average molecular weight is 322 g/mol. The van der Waals surface area contributed by atoms with Crippen LogP contribution in [0.25, 0.3) is 11.0 Å². The molecule has 1 fully saturated rings. The number of hydrogen-bond donors (Lipinski definition) is 2. The van der Waals surface area contributed by atoms with Crippen molar-refractivity contribution in [2.45, 2.75) is 37.8 Å². The third-order valence-corrected chi connectivity index (χ3v) is 5.91. The maximum atomic E-state index is 12.7. The number of nitrogens with one attached hydrogen (secondary N) is 2. The van der Waals surface area contributed by atoms with E-state index in [9.17, 15) is 8.42 Å². The Kier molecular flexibility index (Phi) is 3.96. The lowest BCUT2D eigenvalue weighted by Gasteiger charge is -2.20. The van der Waals surface area contributed by atoms with Gasteiger partial charge in [0.2, 0.25) is 10.0 Å². The number of hydrogen-bond acceptors (Lipinski definition) is 4. The van der Waals surface area contributed by atoms with Crippen LogP contribution in [0.1, 0.15) is 20.8 Å². The van der Waals surface area contributed by atoms with Gasteiger partial charge in [0.25, 0.3) is 0 Å². The molecule has 2 aromatic rings. The summed E-state index contributed by atoms with van der Waals surface area (Å²) in [5.41, 5.74) is 0.589. The molecule has 2 unspecified atom stereocenters. The highest BCUT2D eigenvalue weighted by molar-refractivity contribution is 7.89. The Bertz CT molecular complexity index is 769. The molecule has 0 amide bonds. The summed E-state index contributed by atoms with van der Waals surface area (Å²) in [5, 5.41) is 0.626. The van der Waals surface area contributed by atoms with Gasteiger partial charge >= 0.3 is 0 Å². The lowest BCUT2D eigenvalue weighted by atomic mass is 10.1. The number of pyridine rings is 1. The van der Waals surface area contributed by atoms with E-state index in [-0.39, 0.29) is 10.9 Å². The number of likely N-dealkylation sites (tertiary alicyclic amines) is 1. The smallest absolute Gasteiger partial charge is 0.243 e. The normalized spacial score (nSPS) is 23.6. The predicted octanol–water partition coefficient (Wildman–Crippen LogP) is 1.57. The molecule has 0 radical (unpaired) electrons. The first kappa shape index (κ1) is 15.5. The molecule has 2 N–H and O–H groups in total. The SMILES string of the molecule is CC1CN(C(C)C)CC1NS(=O)(=O)c1c[nH]c2ncccc12. The first-order valence-corrected chi connectivity index (χ1v) is 9.05. The molecule has 0 spiro atoms. The van der Waals surface area contributed by atoms with Gasteiger partial charge in [0, 0.05) is 43.0 Å². The van der Waals surface area contributed by atoms with Crippen LogP contribution >= 0.6 is 0 Å². The molecule has 2 aromatic heterocycles. The van der Waals surface area contributed by atoms with Crippen molar-refractivity contribution >= 4 is 21.1 Å². The fourth-order valence-corrected chi connectivity index (χ4v) is 4.50. The molecule has 2 atom stereocenters. The Morgan fingerprint density at radius 1 is 1.41 bits per heavy atom. The fourth-order valence-electron chi connectivity index (χ4n) is 3.00. The monoisotopic (exact) mass is 322 g/mol. The van der Waals surface area contributed by atoms with E-state index >= 15 is 0 Å². The number of aromatic amines is 1. The highest BCUT2D eigenvalue weighted by Crippen LogP contribution is 2.24. The van der Waals surface area contributed by atoms with Crippen LogP contribution in [0.15, 0.2) is 29.4 Å². The van der Waals surface area contributed by atoms with Crippen LogP contribution in [0.4, 0.5) is 0 Å². The van der Waals surface area contributed by atoms with E-state index in [1.165, 1.54) is 6.20 Å². The standard InChI is InChI=1S/C15H22N4O2S/c1-10(2)19-8-11(3)13(9-19)18-22(20,21)14-7-17-15-12(14)5-4-6-16-15/h4-7,10-11,13,18H,8-9H2,1-3H3,(H,16,17). The van der Waals surface area contributed by atoms with Crippen LogP contribution in [0.2, 0.25) is 0 Å². The van der Waals surface area contributed by atoms with Gasteiger partial charge in [-0.1, -0.05) is 6.92 Å². The first-order valence-electron chi connectivity index (χ1n) is 7.57. The summed E-state index contributed by atoms with van der Waals surface area (Å²) < 4.78 is 28.3. The fraction of sp³-hybridized carbons (Fsp3) is 0.533. The van der Waals surface area contributed by atoms with Gasteiger partial charge in [-0.05, 0) is 31.9 Å². The van der Waals surface area contributed by atoms with E-state index in [0.29, 0.717) is 23.0 Å². The molecule has 6 nitrogen and oxygen atoms in total. The Labute approximate surface area is 131 Å². The number of nitrogens with zero attached hydrogens (tertiary/aromatic N) is 2. The minimum atomic E-state index is -3.56. The molecular formula is C15H22N4O2S. The summed E-state index contributed by atoms with van der Waals surface area (Å²) in [6.07, 6.45) is 3.15. The van der Waals surface area contributed by atoms with Crippen LogP contribution in [-0.4, -0.2) is 48.5 Å². The summed E-state index contributed by atoms with van der Waals surface area (Å²) in [7, 11) is -3.56. The molecule has 0 saturated carbocycles. The number of H-pyrrole nitrogens is 1. The maximum Gasteiger partial charge on any atom is 0.243 e. The summed E-state index contributed by atoms with van der Waals surface area (Å²) in [6, 6.07) is 3.88. The van der Waals surface area contributed by atoms with Crippen LogP contribution < -0.4 is 4.72 Å². The molecule has 0 aromatic carbocycles. The van der Waals surface area contributed by atoms with Gasteiger partial charge in [0.15, 0.2) is 0 Å². The van der Waals surface area contributed by atoms with Crippen molar-refractivity contribution < 1.29 is 8.42 Å². The third kappa shape index (κ3) is 2.76. The van der Waals surface area contributed by atoms with Crippen molar-refractivity contribution in [3.63, 3.8) is 0 Å². The van der Waals surface area contributed by atoms with Crippen molar-refractivity contribution in [3.8, 4) is 0 Å². The first-order chi connectivity index (χ1) is 10.4. The Balaban J connectivity index is 1.85. The van der Waals surface area contributed by atoms with Gasteiger partial charge < -0.3 is 4.98 Å². The number of aromatic nitrogens is 2. The van der Waals surface area contributed by atoms with Gasteiger partial charge in [0.1, 0.15) is 10.5 Å². The third-order valence-electron chi connectivity index (χ3n) is 4.38. The molecule has 22 heavy (non-hydrogen) atoms. The van der Waals surface area contributed by atoms with Crippen LogP contribution in [0.3, 0.4) is 0 Å². The van der Waals surface area contributed by atoms with E-state index in [1.807, 2.05) is 0 Å². The number of fused-ring (bicyclic) bond motifs is 1. The summed E-state index contributed by atoms with van der Waals surface area (Å²) >= 11 is 0. The summed E-state index contributed by atoms with van der Waals surface area (Å²) in [4.78, 5) is 9.63. The molecule has 3 heterocycles. The van der Waals surface area contributed by atoms with Gasteiger partial charge in [-0.25, -0.2) is 18.1 Å². The number of rotatable bonds is 4. The lowest BCUT2D eigenvalue weighted by molar-refractivity contribution is 0.265. The second kappa shape index (κ2) is 5.64. The van der Waals surface area contributed by atoms with Gasteiger partial charge in [0.05, 0.1) is 0 Å². The Morgan fingerprint density at radius 3 is 2.86 bits per heavy atom. The minimum Gasteiger partial charge on any atom is -0.345 e. The Hall–Kier alpha value is -1.44. The van der Waals surface area contributed by atoms with E-state index < -0.39 is 10.0 Å². The second-order valence-electron chi connectivity index (χ2n) is 6.31. The van der Waals surface area contributed by atoms with Crippen LogP contribution in [-0.2, 0) is 10.0 Å². The van der Waals surface area contributed by atoms with E-state index in [2.05, 4.69) is 40.4 Å². The zero-order valence-corrected chi connectivity index (χ0v) is 13.9. The molecule has 7 heteroatoms. The minimum absolute atomic E-state index is 0.0611. The molecule has 3 rings (SSSR count). The summed E-state index contributed by atoms with van der Waals surface area (Å²) in [5.74, 6) is 0.292. The van der Waals surface area contributed by atoms with Crippen molar-refractivity contribution in [3.05, 3.63) is 24.5 Å².